The second-order valence-corrected chi connectivity index (χ2v) is 4.49. The largest absolute Gasteiger partial charge is 0.395 e. The van der Waals surface area contributed by atoms with E-state index in [1.807, 2.05) is 0 Å². The van der Waals surface area contributed by atoms with Gasteiger partial charge in [0.2, 0.25) is 0 Å². The Bertz CT molecular complexity index is 223. The van der Waals surface area contributed by atoms with Gasteiger partial charge in [-0.1, -0.05) is 0 Å². The molecule has 1 fully saturated rings. The summed E-state index contributed by atoms with van der Waals surface area (Å²) in [4.78, 5) is 1.72. The molecule has 0 aromatic heterocycles. The van der Waals surface area contributed by atoms with Crippen LogP contribution < -0.4 is 5.73 Å². The molecule has 96 valence electrons. The molecule has 0 bridgehead atoms. The fourth-order valence-corrected chi connectivity index (χ4v) is 2.30. The Morgan fingerprint density at radius 1 is 1.38 bits per heavy atom. The number of likely N-dealkylation sites (N-methyl/N-ethyl adjacent to an activating group) is 1. The van der Waals surface area contributed by atoms with E-state index in [-0.39, 0.29) is 31.5 Å². The predicted molar refractivity (Wildman–Crippen MR) is 54.9 cm³/mol. The first kappa shape index (κ1) is 13.7. The molecule has 1 rings (SSSR count). The van der Waals surface area contributed by atoms with Gasteiger partial charge in [0.15, 0.2) is 0 Å². The number of nitrogens with two attached hydrogens (primary N) is 1. The summed E-state index contributed by atoms with van der Waals surface area (Å²) in [5, 5.41) is 8.77. The number of aliphatic hydroxyl groups is 1. The third kappa shape index (κ3) is 3.33. The summed E-state index contributed by atoms with van der Waals surface area (Å²) in [6.45, 7) is 0.305. The first-order chi connectivity index (χ1) is 7.36. The van der Waals surface area contributed by atoms with Crippen molar-refractivity contribution >= 4 is 0 Å². The summed E-state index contributed by atoms with van der Waals surface area (Å²) in [5.74, 6) is -1.25. The molecule has 6 heteroatoms. The highest BCUT2D eigenvalue weighted by Crippen LogP contribution is 2.38. The van der Waals surface area contributed by atoms with Gasteiger partial charge in [-0.15, -0.1) is 0 Å². The van der Waals surface area contributed by atoms with Crippen LogP contribution in [0.4, 0.5) is 13.2 Å². The molecular weight excluding hydrogens is 221 g/mol. The van der Waals surface area contributed by atoms with Crippen molar-refractivity contribution in [2.45, 2.75) is 37.5 Å². The highest BCUT2D eigenvalue weighted by Gasteiger charge is 2.44. The zero-order chi connectivity index (χ0) is 12.3. The van der Waals surface area contributed by atoms with Gasteiger partial charge >= 0.3 is 6.18 Å². The second kappa shape index (κ2) is 5.33. The summed E-state index contributed by atoms with van der Waals surface area (Å²) in [6, 6.07) is -0.511. The Hall–Kier alpha value is -0.330. The van der Waals surface area contributed by atoms with Crippen LogP contribution in [0.25, 0.3) is 0 Å². The average Bonchev–Trinajstić information content (AvgIpc) is 2.16. The molecule has 1 saturated carbocycles. The minimum Gasteiger partial charge on any atom is -0.395 e. The molecule has 0 radical (unpaired) electrons. The monoisotopic (exact) mass is 240 g/mol. The number of aliphatic hydroxyl groups excluding tert-OH is 1. The van der Waals surface area contributed by atoms with Crippen LogP contribution in [-0.4, -0.2) is 48.5 Å². The first-order valence-corrected chi connectivity index (χ1v) is 5.49. The van der Waals surface area contributed by atoms with Crippen molar-refractivity contribution in [1.29, 1.82) is 0 Å². The molecule has 0 aromatic rings. The first-order valence-electron chi connectivity index (χ1n) is 5.49. The van der Waals surface area contributed by atoms with E-state index in [4.69, 9.17) is 10.8 Å². The lowest BCUT2D eigenvalue weighted by Gasteiger charge is -2.39. The molecule has 0 heterocycles. The summed E-state index contributed by atoms with van der Waals surface area (Å²) >= 11 is 0. The standard InChI is InChI=1S/C10H19F3N2O/c1-15(4-5-16)9-6-7(10(11,12)13)2-3-8(9)14/h7-9,16H,2-6,14H2,1H3/t7-,8-,9-/m0/s1. The quantitative estimate of drug-likeness (QED) is 0.772. The van der Waals surface area contributed by atoms with Gasteiger partial charge in [-0.3, -0.25) is 4.90 Å². The van der Waals surface area contributed by atoms with Gasteiger partial charge in [0.25, 0.3) is 0 Å². The summed E-state index contributed by atoms with van der Waals surface area (Å²) in [5.41, 5.74) is 5.83. The van der Waals surface area contributed by atoms with Crippen molar-refractivity contribution in [3.05, 3.63) is 0 Å². The van der Waals surface area contributed by atoms with Gasteiger partial charge in [-0.25, -0.2) is 0 Å². The molecule has 0 aliphatic heterocycles. The molecule has 0 saturated heterocycles. The van der Waals surface area contributed by atoms with Crippen molar-refractivity contribution in [2.75, 3.05) is 20.2 Å². The van der Waals surface area contributed by atoms with E-state index in [2.05, 4.69) is 0 Å². The van der Waals surface area contributed by atoms with Crippen molar-refractivity contribution in [2.24, 2.45) is 11.7 Å². The van der Waals surface area contributed by atoms with Crippen LogP contribution in [0.5, 0.6) is 0 Å². The molecule has 16 heavy (non-hydrogen) atoms. The van der Waals surface area contributed by atoms with E-state index >= 15 is 0 Å². The van der Waals surface area contributed by atoms with Crippen molar-refractivity contribution in [3.8, 4) is 0 Å². The Balaban J connectivity index is 2.61. The molecule has 0 amide bonds. The lowest BCUT2D eigenvalue weighted by molar-refractivity contribution is -0.187. The van der Waals surface area contributed by atoms with Crippen LogP contribution in [-0.2, 0) is 0 Å². The Kier molecular flexibility index (Phi) is 4.58. The van der Waals surface area contributed by atoms with Gasteiger partial charge < -0.3 is 10.8 Å². The minimum atomic E-state index is -4.13. The fraction of sp³-hybridized carbons (Fsp3) is 1.00. The average molecular weight is 240 g/mol. The third-order valence-electron chi connectivity index (χ3n) is 3.35. The van der Waals surface area contributed by atoms with Crippen LogP contribution >= 0.6 is 0 Å². The molecule has 0 aromatic carbocycles. The molecule has 3 nitrogen and oxygen atoms in total. The van der Waals surface area contributed by atoms with Crippen LogP contribution in [0, 0.1) is 5.92 Å². The number of hydrogen-bond acceptors (Lipinski definition) is 3. The minimum absolute atomic E-state index is 0.0428. The van der Waals surface area contributed by atoms with E-state index in [9.17, 15) is 13.2 Å². The van der Waals surface area contributed by atoms with Gasteiger partial charge in [-0.2, -0.15) is 13.2 Å². The molecule has 3 atom stereocenters. The number of nitrogens with zero attached hydrogens (tertiary/aromatic N) is 1. The summed E-state index contributed by atoms with van der Waals surface area (Å²) in [7, 11) is 1.71. The Morgan fingerprint density at radius 2 is 2.00 bits per heavy atom. The Morgan fingerprint density at radius 3 is 2.50 bits per heavy atom. The van der Waals surface area contributed by atoms with E-state index in [1.54, 1.807) is 11.9 Å². The van der Waals surface area contributed by atoms with Gasteiger partial charge in [0, 0.05) is 18.6 Å². The van der Waals surface area contributed by atoms with Crippen LogP contribution in [0.3, 0.4) is 0 Å². The Labute approximate surface area is 93.4 Å². The molecule has 1 aliphatic carbocycles. The SMILES string of the molecule is CN(CCO)[C@H]1C[C@@H](C(F)(F)F)CC[C@@H]1N. The molecule has 3 N–H and O–H groups in total. The zero-order valence-electron chi connectivity index (χ0n) is 9.37. The topological polar surface area (TPSA) is 49.5 Å². The number of halogens is 3. The van der Waals surface area contributed by atoms with Crippen LogP contribution in [0.1, 0.15) is 19.3 Å². The molecular formula is C10H19F3N2O. The molecule has 0 unspecified atom stereocenters. The van der Waals surface area contributed by atoms with E-state index in [0.29, 0.717) is 13.0 Å². The number of alkyl halides is 3. The van der Waals surface area contributed by atoms with E-state index in [0.717, 1.165) is 0 Å². The van der Waals surface area contributed by atoms with Crippen molar-refractivity contribution in [3.63, 3.8) is 0 Å². The fourth-order valence-electron chi connectivity index (χ4n) is 2.30. The molecule has 1 aliphatic rings. The lowest BCUT2D eigenvalue weighted by atomic mass is 9.81. The molecule has 0 spiro atoms. The second-order valence-electron chi connectivity index (χ2n) is 4.49. The maximum absolute atomic E-state index is 12.6. The maximum atomic E-state index is 12.6. The van der Waals surface area contributed by atoms with Crippen LogP contribution in [0.15, 0.2) is 0 Å². The van der Waals surface area contributed by atoms with Crippen LogP contribution in [0.2, 0.25) is 0 Å². The van der Waals surface area contributed by atoms with E-state index < -0.39 is 12.1 Å². The smallest absolute Gasteiger partial charge is 0.391 e. The van der Waals surface area contributed by atoms with E-state index in [1.165, 1.54) is 0 Å². The van der Waals surface area contributed by atoms with Gasteiger partial charge in [0.1, 0.15) is 0 Å². The third-order valence-corrected chi connectivity index (χ3v) is 3.35. The summed E-state index contributed by atoms with van der Waals surface area (Å²) < 4.78 is 37.7. The van der Waals surface area contributed by atoms with Gasteiger partial charge in [-0.05, 0) is 26.3 Å². The highest BCUT2D eigenvalue weighted by molar-refractivity contribution is 4.90. The van der Waals surface area contributed by atoms with Gasteiger partial charge in [0.05, 0.1) is 12.5 Å². The zero-order valence-corrected chi connectivity index (χ0v) is 9.37. The van der Waals surface area contributed by atoms with Crippen molar-refractivity contribution < 1.29 is 18.3 Å². The normalized spacial score (nSPS) is 32.1. The lowest BCUT2D eigenvalue weighted by Crippen LogP contribution is -2.52. The summed E-state index contributed by atoms with van der Waals surface area (Å²) in [6.07, 6.45) is -3.57. The number of hydrogen-bond donors (Lipinski definition) is 2. The maximum Gasteiger partial charge on any atom is 0.391 e. The van der Waals surface area contributed by atoms with Crippen molar-refractivity contribution in [1.82, 2.24) is 4.90 Å². The predicted octanol–water partition coefficient (Wildman–Crippen LogP) is 0.969. The number of rotatable bonds is 3. The highest BCUT2D eigenvalue weighted by atomic mass is 19.4.